The average molecular weight is 616 g/mol. The van der Waals surface area contributed by atoms with Gasteiger partial charge in [-0.05, 0) is 42.0 Å². The van der Waals surface area contributed by atoms with E-state index < -0.39 is 22.9 Å². The number of nitrogens with zero attached hydrogens (tertiary/aromatic N) is 2. The van der Waals surface area contributed by atoms with Crippen LogP contribution in [0.25, 0.3) is 22.4 Å². The van der Waals surface area contributed by atoms with Crippen molar-refractivity contribution >= 4 is 29.1 Å². The Labute approximate surface area is 248 Å². The molecule has 0 fully saturated rings. The number of amides is 1. The van der Waals surface area contributed by atoms with Crippen LogP contribution in [0, 0.1) is 11.3 Å². The summed E-state index contributed by atoms with van der Waals surface area (Å²) in [5.41, 5.74) is -1.68. The van der Waals surface area contributed by atoms with Gasteiger partial charge in [-0.25, -0.2) is 0 Å². The first-order valence-corrected chi connectivity index (χ1v) is 13.1. The van der Waals surface area contributed by atoms with E-state index in [0.717, 1.165) is 23.8 Å². The molecule has 0 aliphatic heterocycles. The average Bonchev–Trinajstić information content (AvgIpc) is 2.94. The van der Waals surface area contributed by atoms with Crippen LogP contribution in [-0.2, 0) is 28.9 Å². The molecule has 0 bridgehead atoms. The van der Waals surface area contributed by atoms with Gasteiger partial charge in [0.1, 0.15) is 24.0 Å². The van der Waals surface area contributed by atoms with Gasteiger partial charge in [0.05, 0.1) is 17.9 Å². The maximum absolute atomic E-state index is 13.4. The predicted octanol–water partition coefficient (Wildman–Crippen LogP) is 6.79. The third-order valence-corrected chi connectivity index (χ3v) is 6.89. The summed E-state index contributed by atoms with van der Waals surface area (Å²) in [7, 11) is 1.51. The number of carbonyl (C=O) groups excluding carboxylic acids is 1. The second-order valence-corrected chi connectivity index (χ2v) is 10.1. The summed E-state index contributed by atoms with van der Waals surface area (Å²) in [5.74, 6) is -0.717. The first kappa shape index (κ1) is 30.7. The number of nitrogens with one attached hydrogen (secondary N) is 1. The van der Waals surface area contributed by atoms with E-state index in [9.17, 15) is 33.1 Å². The van der Waals surface area contributed by atoms with Gasteiger partial charge in [-0.15, -0.1) is 0 Å². The molecule has 7 nitrogen and oxygen atoms in total. The quantitative estimate of drug-likeness (QED) is 0.227. The highest BCUT2D eigenvalue weighted by atomic mass is 35.5. The summed E-state index contributed by atoms with van der Waals surface area (Å²) >= 11 is 12.5. The van der Waals surface area contributed by atoms with Crippen LogP contribution in [0.3, 0.4) is 0 Å². The number of phenolic OH excluding ortho intramolecular Hbond substituents is 1. The van der Waals surface area contributed by atoms with Crippen molar-refractivity contribution in [2.75, 3.05) is 13.7 Å². The third kappa shape index (κ3) is 6.94. The Bertz CT molecular complexity index is 1740. The molecule has 216 valence electrons. The minimum Gasteiger partial charge on any atom is -0.507 e. The Hall–Kier alpha value is -4.30. The van der Waals surface area contributed by atoms with Gasteiger partial charge >= 0.3 is 6.18 Å². The summed E-state index contributed by atoms with van der Waals surface area (Å²) < 4.78 is 45.7. The van der Waals surface area contributed by atoms with E-state index in [1.165, 1.54) is 30.1 Å². The molecule has 3 aromatic carbocycles. The number of hydrogen-bond acceptors (Lipinski definition) is 5. The zero-order chi connectivity index (χ0) is 30.6. The number of nitriles is 1. The Morgan fingerprint density at radius 2 is 1.76 bits per heavy atom. The normalized spacial score (nSPS) is 11.3. The number of aromatic amines is 1. The number of H-pyrrole nitrogens is 1. The predicted molar refractivity (Wildman–Crippen MR) is 152 cm³/mol. The van der Waals surface area contributed by atoms with Crippen LogP contribution >= 0.6 is 23.2 Å². The van der Waals surface area contributed by atoms with Crippen molar-refractivity contribution in [1.82, 2.24) is 9.88 Å². The number of aromatic nitrogens is 1. The van der Waals surface area contributed by atoms with E-state index in [2.05, 4.69) is 4.98 Å². The summed E-state index contributed by atoms with van der Waals surface area (Å²) in [5, 5.41) is 20.7. The van der Waals surface area contributed by atoms with Crippen molar-refractivity contribution in [2.24, 2.45) is 0 Å². The highest BCUT2D eigenvalue weighted by molar-refractivity contribution is 6.33. The molecule has 4 rings (SSSR count). The second kappa shape index (κ2) is 12.7. The molecule has 1 amide bonds. The van der Waals surface area contributed by atoms with E-state index in [4.69, 9.17) is 27.9 Å². The number of likely N-dealkylation sites (N-methyl/N-ethyl adjacent to an activating group) is 1. The summed E-state index contributed by atoms with van der Waals surface area (Å²) in [4.78, 5) is 29.3. The molecular weight excluding hydrogens is 594 g/mol. The van der Waals surface area contributed by atoms with Crippen LogP contribution < -0.4 is 5.56 Å². The minimum atomic E-state index is -4.70. The molecule has 2 N–H and O–H groups in total. The third-order valence-electron chi connectivity index (χ3n) is 6.34. The van der Waals surface area contributed by atoms with Crippen LogP contribution in [-0.4, -0.2) is 34.6 Å². The largest absolute Gasteiger partial charge is 0.507 e. The number of rotatable bonds is 8. The molecule has 0 aliphatic carbocycles. The van der Waals surface area contributed by atoms with Crippen molar-refractivity contribution in [1.29, 1.82) is 5.26 Å². The van der Waals surface area contributed by atoms with Crippen molar-refractivity contribution in [3.8, 4) is 34.2 Å². The molecule has 0 radical (unpaired) electrons. The zero-order valence-electron chi connectivity index (χ0n) is 21.9. The van der Waals surface area contributed by atoms with Crippen LogP contribution in [0.15, 0.2) is 71.5 Å². The van der Waals surface area contributed by atoms with E-state index in [1.54, 1.807) is 6.07 Å². The Morgan fingerprint density at radius 3 is 2.43 bits per heavy atom. The zero-order valence-corrected chi connectivity index (χ0v) is 23.4. The number of benzene rings is 3. The molecule has 0 saturated heterocycles. The first-order valence-electron chi connectivity index (χ1n) is 12.3. The number of halogens is 5. The number of aromatic hydroxyl groups is 1. The van der Waals surface area contributed by atoms with Crippen molar-refractivity contribution in [2.45, 2.75) is 19.3 Å². The number of carbonyl (C=O) groups is 1. The molecule has 42 heavy (non-hydrogen) atoms. The first-order chi connectivity index (χ1) is 19.9. The standard InChI is InChI=1S/C30H22Cl2F3N3O4/c1-38(27(39)16-42-15-17-5-3-2-4-6-17)14-18-9-20(31)11-23(28(18)40)26-12-21(24(13-36)29(41)37-26)22-10-19(30(33,34)35)7-8-25(22)32/h2-12,40H,14-16H2,1H3,(H,37,41). The van der Waals surface area contributed by atoms with Crippen LogP contribution in [0.5, 0.6) is 5.75 Å². The number of phenols is 1. The van der Waals surface area contributed by atoms with Crippen LogP contribution in [0.2, 0.25) is 10.0 Å². The maximum atomic E-state index is 13.4. The van der Waals surface area contributed by atoms with Gasteiger partial charge in [0.25, 0.3) is 5.56 Å². The fraction of sp³-hybridized carbons (Fsp3) is 0.167. The Morgan fingerprint density at radius 1 is 1.05 bits per heavy atom. The van der Waals surface area contributed by atoms with Crippen LogP contribution in [0.1, 0.15) is 22.3 Å². The summed E-state index contributed by atoms with van der Waals surface area (Å²) in [6.07, 6.45) is -4.70. The minimum absolute atomic E-state index is 0.0182. The number of hydrogen-bond donors (Lipinski definition) is 2. The highest BCUT2D eigenvalue weighted by Gasteiger charge is 2.31. The number of alkyl halides is 3. The van der Waals surface area contributed by atoms with E-state index in [1.807, 2.05) is 30.3 Å². The van der Waals surface area contributed by atoms with E-state index in [0.29, 0.717) is 0 Å². The molecule has 12 heteroatoms. The topological polar surface area (TPSA) is 106 Å². The fourth-order valence-electron chi connectivity index (χ4n) is 4.20. The molecule has 1 heterocycles. The van der Waals surface area contributed by atoms with Gasteiger partial charge in [-0.2, -0.15) is 18.4 Å². The van der Waals surface area contributed by atoms with E-state index in [-0.39, 0.29) is 69.4 Å². The molecule has 0 aliphatic rings. The Kier molecular flexibility index (Phi) is 9.27. The van der Waals surface area contributed by atoms with Gasteiger partial charge in [0, 0.05) is 45.9 Å². The van der Waals surface area contributed by atoms with Gasteiger partial charge in [0.15, 0.2) is 0 Å². The highest BCUT2D eigenvalue weighted by Crippen LogP contribution is 2.40. The lowest BCUT2D eigenvalue weighted by atomic mass is 9.96. The van der Waals surface area contributed by atoms with Gasteiger partial charge < -0.3 is 19.7 Å². The molecular formula is C30H22Cl2F3N3O4. The fourth-order valence-corrected chi connectivity index (χ4v) is 4.66. The monoisotopic (exact) mass is 615 g/mol. The molecule has 4 aromatic rings. The summed E-state index contributed by atoms with van der Waals surface area (Å²) in [6.45, 7) is -0.0688. The Balaban J connectivity index is 1.67. The van der Waals surface area contributed by atoms with Gasteiger partial charge in [0.2, 0.25) is 5.91 Å². The molecule has 0 unspecified atom stereocenters. The number of pyridine rings is 1. The van der Waals surface area contributed by atoms with Gasteiger partial charge in [-0.1, -0.05) is 53.5 Å². The smallest absolute Gasteiger partial charge is 0.416 e. The van der Waals surface area contributed by atoms with Crippen molar-refractivity contribution < 1.29 is 27.8 Å². The van der Waals surface area contributed by atoms with Crippen molar-refractivity contribution in [3.05, 3.63) is 109 Å². The lowest BCUT2D eigenvalue weighted by Crippen LogP contribution is -2.29. The maximum Gasteiger partial charge on any atom is 0.416 e. The van der Waals surface area contributed by atoms with E-state index >= 15 is 0 Å². The molecule has 0 saturated carbocycles. The molecule has 1 aromatic heterocycles. The molecule has 0 atom stereocenters. The van der Waals surface area contributed by atoms with Crippen LogP contribution in [0.4, 0.5) is 13.2 Å². The lowest BCUT2D eigenvalue weighted by Gasteiger charge is -2.20. The number of ether oxygens (including phenoxy) is 1. The lowest BCUT2D eigenvalue weighted by molar-refractivity contribution is -0.137. The molecule has 0 spiro atoms. The SMILES string of the molecule is CN(Cc1cc(Cl)cc(-c2cc(-c3cc(C(F)(F)F)ccc3Cl)c(C#N)c(=O)[nH]2)c1O)C(=O)COCc1ccccc1. The summed E-state index contributed by atoms with van der Waals surface area (Å²) in [6, 6.07) is 17.5. The van der Waals surface area contributed by atoms with Crippen molar-refractivity contribution in [3.63, 3.8) is 0 Å². The van der Waals surface area contributed by atoms with Gasteiger partial charge in [-0.3, -0.25) is 9.59 Å². The second-order valence-electron chi connectivity index (χ2n) is 9.29.